The van der Waals surface area contributed by atoms with E-state index in [1.54, 1.807) is 0 Å². The normalized spacial score (nSPS) is 14.1. The minimum absolute atomic E-state index is 0.0784. The fraction of sp³-hybridized carbons (Fsp3) is 0.905. The van der Waals surface area contributed by atoms with E-state index in [0.29, 0.717) is 13.2 Å². The van der Waals surface area contributed by atoms with E-state index in [2.05, 4.69) is 27.7 Å². The van der Waals surface area contributed by atoms with Gasteiger partial charge in [-0.2, -0.15) is 0 Å². The van der Waals surface area contributed by atoms with Crippen LogP contribution in [0, 0.1) is 34.5 Å². The minimum Gasteiger partial charge on any atom is -0.465 e. The van der Waals surface area contributed by atoms with Crippen LogP contribution in [0.1, 0.15) is 75.7 Å². The minimum atomic E-state index is -0.463. The van der Waals surface area contributed by atoms with Gasteiger partial charge in [-0.25, -0.2) is 0 Å². The van der Waals surface area contributed by atoms with Crippen LogP contribution in [0.5, 0.6) is 0 Å². The highest BCUT2D eigenvalue weighted by Crippen LogP contribution is 2.33. The second-order valence-corrected chi connectivity index (χ2v) is 10.3. The first kappa shape index (κ1) is 23.9. The van der Waals surface area contributed by atoms with Gasteiger partial charge in [-0.3, -0.25) is 9.59 Å². The summed E-state index contributed by atoms with van der Waals surface area (Å²) in [5, 5.41) is 0. The lowest BCUT2D eigenvalue weighted by molar-refractivity contribution is -0.161. The largest absolute Gasteiger partial charge is 0.465 e. The average molecular weight is 357 g/mol. The number of esters is 2. The second-order valence-electron chi connectivity index (χ2n) is 10.3. The van der Waals surface area contributed by atoms with E-state index >= 15 is 0 Å². The Bertz CT molecular complexity index is 416. The molecule has 0 aliphatic heterocycles. The Labute approximate surface area is 155 Å². The third kappa shape index (κ3) is 10.5. The van der Waals surface area contributed by atoms with Crippen molar-refractivity contribution in [1.29, 1.82) is 0 Å². The number of carbonyl (C=O) groups is 2. The molecule has 0 aromatic carbocycles. The summed E-state index contributed by atoms with van der Waals surface area (Å²) < 4.78 is 10.9. The number of rotatable bonds is 8. The Hall–Kier alpha value is -1.06. The fourth-order valence-corrected chi connectivity index (χ4v) is 3.01. The molecule has 0 amide bonds. The first-order valence-corrected chi connectivity index (χ1v) is 9.46. The van der Waals surface area contributed by atoms with Gasteiger partial charge in [0.2, 0.25) is 0 Å². The van der Waals surface area contributed by atoms with Gasteiger partial charge in [0.15, 0.2) is 0 Å². The molecule has 0 aliphatic rings. The predicted molar refractivity (Wildman–Crippen MR) is 102 cm³/mol. The molecule has 0 aromatic heterocycles. The monoisotopic (exact) mass is 356 g/mol. The molecule has 0 aromatic rings. The quantitative estimate of drug-likeness (QED) is 0.568. The van der Waals surface area contributed by atoms with E-state index in [1.807, 2.05) is 41.5 Å². The van der Waals surface area contributed by atoms with E-state index < -0.39 is 5.92 Å². The molecule has 0 spiro atoms. The van der Waals surface area contributed by atoms with E-state index in [0.717, 1.165) is 0 Å². The van der Waals surface area contributed by atoms with Crippen LogP contribution in [0.4, 0.5) is 0 Å². The van der Waals surface area contributed by atoms with Crippen LogP contribution in [0.2, 0.25) is 0 Å². The van der Waals surface area contributed by atoms with Crippen molar-refractivity contribution in [2.45, 2.75) is 75.7 Å². The first-order valence-electron chi connectivity index (χ1n) is 9.46. The standard InChI is InChI=1S/C21H40O4/c1-14(2)18(15(3)4)16(19(23)25-13-21(8,9)10)11-17(22)24-12-20(5,6)7/h14-16,18H,11-13H2,1-10H3. The lowest BCUT2D eigenvalue weighted by Crippen LogP contribution is -2.36. The van der Waals surface area contributed by atoms with Crippen LogP contribution in [-0.4, -0.2) is 25.2 Å². The maximum Gasteiger partial charge on any atom is 0.309 e. The summed E-state index contributed by atoms with van der Waals surface area (Å²) in [5.74, 6) is -0.427. The van der Waals surface area contributed by atoms with E-state index in [1.165, 1.54) is 0 Å². The first-order chi connectivity index (χ1) is 11.1. The lowest BCUT2D eigenvalue weighted by atomic mass is 9.74. The zero-order valence-electron chi connectivity index (χ0n) is 18.1. The Kier molecular flexibility index (Phi) is 9.18. The Morgan fingerprint density at radius 1 is 0.760 bits per heavy atom. The average Bonchev–Trinajstić information content (AvgIpc) is 2.39. The van der Waals surface area contributed by atoms with Gasteiger partial charge in [0.25, 0.3) is 0 Å². The molecule has 25 heavy (non-hydrogen) atoms. The summed E-state index contributed by atoms with van der Waals surface area (Å²) in [6.45, 7) is 21.2. The molecule has 0 N–H and O–H groups in total. The summed E-state index contributed by atoms with van der Waals surface area (Å²) in [6.07, 6.45) is 0.0834. The molecule has 0 heterocycles. The van der Waals surface area contributed by atoms with Crippen LogP contribution >= 0.6 is 0 Å². The zero-order chi connectivity index (χ0) is 20.0. The molecule has 4 heteroatoms. The summed E-state index contributed by atoms with van der Waals surface area (Å²) in [7, 11) is 0. The molecule has 0 saturated carbocycles. The second kappa shape index (κ2) is 9.59. The maximum atomic E-state index is 12.7. The third-order valence-electron chi connectivity index (χ3n) is 4.01. The Morgan fingerprint density at radius 3 is 1.52 bits per heavy atom. The fourth-order valence-electron chi connectivity index (χ4n) is 3.01. The van der Waals surface area contributed by atoms with Crippen molar-refractivity contribution in [2.75, 3.05) is 13.2 Å². The summed E-state index contributed by atoms with van der Waals surface area (Å²) >= 11 is 0. The van der Waals surface area contributed by atoms with Crippen LogP contribution in [0.3, 0.4) is 0 Å². The van der Waals surface area contributed by atoms with Crippen molar-refractivity contribution in [2.24, 2.45) is 34.5 Å². The van der Waals surface area contributed by atoms with Crippen LogP contribution < -0.4 is 0 Å². The van der Waals surface area contributed by atoms with Gasteiger partial charge >= 0.3 is 11.9 Å². The number of hydrogen-bond acceptors (Lipinski definition) is 4. The van der Waals surface area contributed by atoms with Crippen LogP contribution in [0.15, 0.2) is 0 Å². The van der Waals surface area contributed by atoms with E-state index in [4.69, 9.17) is 9.47 Å². The molecular formula is C21H40O4. The number of carbonyl (C=O) groups excluding carboxylic acids is 2. The van der Waals surface area contributed by atoms with Gasteiger partial charge in [0.1, 0.15) is 0 Å². The Morgan fingerprint density at radius 2 is 1.16 bits per heavy atom. The summed E-state index contributed by atoms with van der Waals surface area (Å²) in [6, 6.07) is 0. The molecule has 0 fully saturated rings. The van der Waals surface area contributed by atoms with Crippen molar-refractivity contribution >= 4 is 11.9 Å². The molecule has 0 radical (unpaired) electrons. The van der Waals surface area contributed by atoms with Crippen molar-refractivity contribution < 1.29 is 19.1 Å². The van der Waals surface area contributed by atoms with Crippen molar-refractivity contribution in [3.63, 3.8) is 0 Å². The smallest absolute Gasteiger partial charge is 0.309 e. The van der Waals surface area contributed by atoms with E-state index in [9.17, 15) is 9.59 Å². The molecule has 1 atom stereocenters. The van der Waals surface area contributed by atoms with Gasteiger partial charge in [-0.15, -0.1) is 0 Å². The molecule has 0 bridgehead atoms. The molecule has 148 valence electrons. The van der Waals surface area contributed by atoms with Gasteiger partial charge in [0, 0.05) is 0 Å². The molecule has 0 aliphatic carbocycles. The topological polar surface area (TPSA) is 52.6 Å². The summed E-state index contributed by atoms with van der Waals surface area (Å²) in [4.78, 5) is 25.1. The molecular weight excluding hydrogens is 316 g/mol. The highest BCUT2D eigenvalue weighted by Gasteiger charge is 2.36. The van der Waals surface area contributed by atoms with Gasteiger partial charge in [-0.1, -0.05) is 69.2 Å². The van der Waals surface area contributed by atoms with Crippen molar-refractivity contribution in [3.8, 4) is 0 Å². The van der Waals surface area contributed by atoms with Gasteiger partial charge < -0.3 is 9.47 Å². The lowest BCUT2D eigenvalue weighted by Gasteiger charge is -2.32. The van der Waals surface area contributed by atoms with Crippen molar-refractivity contribution in [1.82, 2.24) is 0 Å². The Balaban J connectivity index is 5.18. The third-order valence-corrected chi connectivity index (χ3v) is 4.01. The summed E-state index contributed by atoms with van der Waals surface area (Å²) in [5.41, 5.74) is -0.189. The highest BCUT2D eigenvalue weighted by atomic mass is 16.5. The number of hydrogen-bond donors (Lipinski definition) is 0. The van der Waals surface area contributed by atoms with Crippen molar-refractivity contribution in [3.05, 3.63) is 0 Å². The molecule has 0 rings (SSSR count). The maximum absolute atomic E-state index is 12.7. The van der Waals surface area contributed by atoms with Gasteiger partial charge in [0.05, 0.1) is 25.6 Å². The molecule has 0 saturated heterocycles. The number of ether oxygens (including phenoxy) is 2. The van der Waals surface area contributed by atoms with Gasteiger partial charge in [-0.05, 0) is 28.6 Å². The van der Waals surface area contributed by atoms with E-state index in [-0.39, 0.29) is 46.9 Å². The highest BCUT2D eigenvalue weighted by molar-refractivity contribution is 5.80. The zero-order valence-corrected chi connectivity index (χ0v) is 18.1. The van der Waals surface area contributed by atoms with Crippen LogP contribution in [0.25, 0.3) is 0 Å². The predicted octanol–water partition coefficient (Wildman–Crippen LogP) is 5.10. The molecule has 4 nitrogen and oxygen atoms in total. The molecule has 1 unspecified atom stereocenters. The SMILES string of the molecule is CC(C)C(C(C)C)C(CC(=O)OCC(C)(C)C)C(=O)OCC(C)(C)C. The van der Waals surface area contributed by atoms with Crippen LogP contribution in [-0.2, 0) is 19.1 Å².